The minimum atomic E-state index is 0.0636. The summed E-state index contributed by atoms with van der Waals surface area (Å²) in [6, 6.07) is 27.2. The zero-order chi connectivity index (χ0) is 20.8. The van der Waals surface area contributed by atoms with Crippen molar-refractivity contribution in [1.29, 1.82) is 0 Å². The third-order valence-electron chi connectivity index (χ3n) is 4.68. The number of methoxy groups -OCH3 is 1. The topological polar surface area (TPSA) is 57.0 Å². The van der Waals surface area contributed by atoms with Crippen LogP contribution in [0.4, 0.5) is 0 Å². The largest absolute Gasteiger partial charge is 0.496 e. The summed E-state index contributed by atoms with van der Waals surface area (Å²) >= 11 is 1.40. The van der Waals surface area contributed by atoms with Crippen molar-refractivity contribution in [1.82, 2.24) is 14.8 Å². The van der Waals surface area contributed by atoms with E-state index in [0.29, 0.717) is 28.8 Å². The Morgan fingerprint density at radius 2 is 1.57 bits per heavy atom. The number of benzene rings is 3. The molecule has 0 fully saturated rings. The molecule has 0 saturated heterocycles. The maximum Gasteiger partial charge on any atom is 0.192 e. The van der Waals surface area contributed by atoms with E-state index in [0.717, 1.165) is 16.9 Å². The van der Waals surface area contributed by atoms with Gasteiger partial charge in [0, 0.05) is 5.56 Å². The first-order chi connectivity index (χ1) is 14.8. The lowest BCUT2D eigenvalue weighted by molar-refractivity contribution is 0.102. The van der Waals surface area contributed by atoms with Gasteiger partial charge in [-0.1, -0.05) is 84.6 Å². The molecule has 4 aromatic rings. The van der Waals surface area contributed by atoms with Crippen molar-refractivity contribution in [2.75, 3.05) is 12.9 Å². The van der Waals surface area contributed by atoms with Crippen molar-refractivity contribution in [3.63, 3.8) is 0 Å². The lowest BCUT2D eigenvalue weighted by atomic mass is 10.1. The molecule has 1 aromatic heterocycles. The number of hydrogen-bond donors (Lipinski definition) is 0. The molecule has 30 heavy (non-hydrogen) atoms. The van der Waals surface area contributed by atoms with Crippen LogP contribution in [0.5, 0.6) is 5.75 Å². The van der Waals surface area contributed by atoms with Gasteiger partial charge in [-0.05, 0) is 17.7 Å². The van der Waals surface area contributed by atoms with Crippen molar-refractivity contribution >= 4 is 17.5 Å². The maximum absolute atomic E-state index is 12.6. The fourth-order valence-corrected chi connectivity index (χ4v) is 4.00. The molecule has 0 aliphatic heterocycles. The number of aromatic nitrogens is 3. The van der Waals surface area contributed by atoms with Crippen LogP contribution < -0.4 is 4.74 Å². The minimum absolute atomic E-state index is 0.0636. The van der Waals surface area contributed by atoms with Crippen LogP contribution in [0.1, 0.15) is 15.9 Å². The van der Waals surface area contributed by atoms with Gasteiger partial charge in [0.15, 0.2) is 16.8 Å². The summed E-state index contributed by atoms with van der Waals surface area (Å²) in [7, 11) is 1.64. The molecule has 0 spiro atoms. The van der Waals surface area contributed by atoms with E-state index in [9.17, 15) is 4.79 Å². The number of Topliss-reactive ketones (excluding diaryl/α,β-unsaturated/α-hetero) is 1. The van der Waals surface area contributed by atoms with Crippen LogP contribution in [0, 0.1) is 0 Å². The first-order valence-corrected chi connectivity index (χ1v) is 10.6. The fourth-order valence-electron chi connectivity index (χ4n) is 3.17. The molecule has 0 atom stereocenters. The Morgan fingerprint density at radius 1 is 0.900 bits per heavy atom. The van der Waals surface area contributed by atoms with Gasteiger partial charge in [0.25, 0.3) is 0 Å². The molecule has 0 aliphatic rings. The normalized spacial score (nSPS) is 10.7. The number of nitrogens with zero attached hydrogens (tertiary/aromatic N) is 3. The monoisotopic (exact) mass is 415 g/mol. The van der Waals surface area contributed by atoms with Crippen LogP contribution in [0.15, 0.2) is 90.1 Å². The lowest BCUT2D eigenvalue weighted by Gasteiger charge is -2.12. The third kappa shape index (κ3) is 4.44. The second-order valence-corrected chi connectivity index (χ2v) is 7.60. The van der Waals surface area contributed by atoms with E-state index in [2.05, 4.69) is 22.3 Å². The fraction of sp³-hybridized carbons (Fsp3) is 0.125. The highest BCUT2D eigenvalue weighted by atomic mass is 32.2. The van der Waals surface area contributed by atoms with Crippen molar-refractivity contribution in [3.05, 3.63) is 96.1 Å². The van der Waals surface area contributed by atoms with Gasteiger partial charge in [-0.2, -0.15) is 0 Å². The van der Waals surface area contributed by atoms with E-state index >= 15 is 0 Å². The second-order valence-electron chi connectivity index (χ2n) is 6.66. The van der Waals surface area contributed by atoms with Crippen LogP contribution in [0.3, 0.4) is 0 Å². The summed E-state index contributed by atoms with van der Waals surface area (Å²) in [6.45, 7) is 0.600. The van der Waals surface area contributed by atoms with Crippen LogP contribution in [-0.4, -0.2) is 33.4 Å². The van der Waals surface area contributed by atoms with Gasteiger partial charge in [0.1, 0.15) is 5.75 Å². The quantitative estimate of drug-likeness (QED) is 0.300. The Labute approximate surface area is 179 Å². The second kappa shape index (κ2) is 9.41. The molecule has 150 valence electrons. The van der Waals surface area contributed by atoms with Gasteiger partial charge < -0.3 is 4.74 Å². The van der Waals surface area contributed by atoms with Crippen molar-refractivity contribution in [2.24, 2.45) is 0 Å². The highest BCUT2D eigenvalue weighted by Gasteiger charge is 2.19. The minimum Gasteiger partial charge on any atom is -0.496 e. The van der Waals surface area contributed by atoms with Crippen molar-refractivity contribution < 1.29 is 9.53 Å². The molecule has 5 nitrogen and oxygen atoms in total. The standard InChI is InChI=1S/C24H21N3O2S/c1-29-22-15-9-8-14-20(22)23-25-26-24(27(23)16-18-10-4-2-5-11-18)30-17-21(28)19-12-6-3-7-13-19/h2-15H,16-17H2,1H3. The average molecular weight is 416 g/mol. The molecule has 3 aromatic carbocycles. The predicted octanol–water partition coefficient (Wildman–Crippen LogP) is 4.98. The smallest absolute Gasteiger partial charge is 0.192 e. The summed E-state index contributed by atoms with van der Waals surface area (Å²) in [5.74, 6) is 1.80. The highest BCUT2D eigenvalue weighted by Crippen LogP contribution is 2.31. The maximum atomic E-state index is 12.6. The van der Waals surface area contributed by atoms with Crippen molar-refractivity contribution in [2.45, 2.75) is 11.7 Å². The first-order valence-electron chi connectivity index (χ1n) is 9.58. The Balaban J connectivity index is 1.66. The Bertz CT molecular complexity index is 1130. The van der Waals surface area contributed by atoms with Gasteiger partial charge >= 0.3 is 0 Å². The number of para-hydroxylation sites is 1. The van der Waals surface area contributed by atoms with E-state index in [-0.39, 0.29) is 5.78 Å². The van der Waals surface area contributed by atoms with Crippen molar-refractivity contribution in [3.8, 4) is 17.1 Å². The highest BCUT2D eigenvalue weighted by molar-refractivity contribution is 7.99. The molecule has 6 heteroatoms. The summed E-state index contributed by atoms with van der Waals surface area (Å²) in [5.41, 5.74) is 2.69. The van der Waals surface area contributed by atoms with Crippen LogP contribution in [0.25, 0.3) is 11.4 Å². The molecule has 0 radical (unpaired) electrons. The zero-order valence-electron chi connectivity index (χ0n) is 16.6. The van der Waals surface area contributed by atoms with E-state index in [1.807, 2.05) is 77.4 Å². The third-order valence-corrected chi connectivity index (χ3v) is 5.64. The number of ketones is 1. The van der Waals surface area contributed by atoms with Crippen LogP contribution >= 0.6 is 11.8 Å². The van der Waals surface area contributed by atoms with Crippen LogP contribution in [0.2, 0.25) is 0 Å². The summed E-state index contributed by atoms with van der Waals surface area (Å²) in [5, 5.41) is 9.54. The molecular formula is C24H21N3O2S. The Kier molecular flexibility index (Phi) is 6.25. The number of thioether (sulfide) groups is 1. The molecule has 4 rings (SSSR count). The molecule has 0 bridgehead atoms. The summed E-state index contributed by atoms with van der Waals surface area (Å²) in [4.78, 5) is 12.6. The molecule has 1 heterocycles. The summed E-state index contributed by atoms with van der Waals surface area (Å²) < 4.78 is 7.57. The van der Waals surface area contributed by atoms with Gasteiger partial charge in [-0.15, -0.1) is 10.2 Å². The number of carbonyl (C=O) groups is 1. The van der Waals surface area contributed by atoms with Gasteiger partial charge in [-0.3, -0.25) is 9.36 Å². The number of hydrogen-bond acceptors (Lipinski definition) is 5. The van der Waals surface area contributed by atoms with E-state index in [4.69, 9.17) is 4.74 Å². The van der Waals surface area contributed by atoms with E-state index in [1.54, 1.807) is 7.11 Å². The van der Waals surface area contributed by atoms with Crippen LogP contribution in [-0.2, 0) is 6.54 Å². The van der Waals surface area contributed by atoms with Gasteiger partial charge in [0.2, 0.25) is 0 Å². The summed E-state index contributed by atoms with van der Waals surface area (Å²) in [6.07, 6.45) is 0. The van der Waals surface area contributed by atoms with E-state index < -0.39 is 0 Å². The Morgan fingerprint density at radius 3 is 2.30 bits per heavy atom. The molecule has 0 aliphatic carbocycles. The zero-order valence-corrected chi connectivity index (χ0v) is 17.4. The molecule has 0 amide bonds. The van der Waals surface area contributed by atoms with E-state index in [1.165, 1.54) is 11.8 Å². The van der Waals surface area contributed by atoms with Gasteiger partial charge in [0.05, 0.1) is 25.0 Å². The average Bonchev–Trinajstić information content (AvgIpc) is 3.20. The molecule has 0 saturated carbocycles. The number of rotatable bonds is 8. The Hall–Kier alpha value is -3.38. The SMILES string of the molecule is COc1ccccc1-c1nnc(SCC(=O)c2ccccc2)n1Cc1ccccc1. The lowest BCUT2D eigenvalue weighted by Crippen LogP contribution is -2.07. The molecular weight excluding hydrogens is 394 g/mol. The van der Waals surface area contributed by atoms with Gasteiger partial charge in [-0.25, -0.2) is 0 Å². The molecule has 0 N–H and O–H groups in total. The predicted molar refractivity (Wildman–Crippen MR) is 119 cm³/mol. The molecule has 0 unspecified atom stereocenters. The number of carbonyl (C=O) groups excluding carboxylic acids is 1. The first kappa shape index (κ1) is 19.9. The number of ether oxygens (including phenoxy) is 1.